The highest BCUT2D eigenvalue weighted by Crippen LogP contribution is 2.39. The van der Waals surface area contributed by atoms with Crippen LogP contribution in [0.2, 0.25) is 0 Å². The first-order valence-corrected chi connectivity index (χ1v) is 16.3. The first-order valence-electron chi connectivity index (χ1n) is 16.3. The molecule has 5 rings (SSSR count). The summed E-state index contributed by atoms with van der Waals surface area (Å²) in [6.45, 7) is 5.38. The van der Waals surface area contributed by atoms with Crippen LogP contribution in [0.3, 0.4) is 0 Å². The summed E-state index contributed by atoms with van der Waals surface area (Å²) in [7, 11) is 0. The van der Waals surface area contributed by atoms with Gasteiger partial charge in [-0.15, -0.1) is 0 Å². The molecule has 5 aliphatic heterocycles. The third kappa shape index (κ3) is 8.06. The molecule has 0 saturated heterocycles. The van der Waals surface area contributed by atoms with Crippen LogP contribution in [-0.2, 0) is 24.0 Å². The van der Waals surface area contributed by atoms with E-state index in [1.165, 1.54) is 0 Å². The average Bonchev–Trinajstić information content (AvgIpc) is 3.70. The predicted molar refractivity (Wildman–Crippen MR) is 187 cm³/mol. The van der Waals surface area contributed by atoms with Gasteiger partial charge in [0.2, 0.25) is 0 Å². The van der Waals surface area contributed by atoms with E-state index in [1.54, 1.807) is 38.2 Å². The summed E-state index contributed by atoms with van der Waals surface area (Å²) < 4.78 is 0. The molecule has 0 radical (unpaired) electrons. The number of carbonyl (C=O) groups is 5. The quantitative estimate of drug-likeness (QED) is 0.152. The highest BCUT2D eigenvalue weighted by Gasteiger charge is 2.31. The standard InChI is InChI=1S/C37H36N4O10/c1-17-20(4-8-33(42)43)28-14-26-19(3)22(6-10-35(46)47)30(40-26)16-32-24(12-37(50)51)23(7-11-36(48)49)31(41-32)15-27-18(2)21(5-9-34(44)45)29(39-27)13-25(17)38-28/h13-16H,4-12H2,1-3H3,(H,42,43)(H,44,45)(H,46,47)(H,48,49)(H,50,51). The lowest BCUT2D eigenvalue weighted by molar-refractivity contribution is -0.138. The minimum Gasteiger partial charge on any atom is -0.481 e. The number of hydrogen-bond donors (Lipinski definition) is 5. The molecular weight excluding hydrogens is 660 g/mol. The largest absolute Gasteiger partial charge is 0.481 e. The number of aliphatic carboxylic acids is 5. The lowest BCUT2D eigenvalue weighted by Gasteiger charge is -2.08. The molecule has 0 fully saturated rings. The maximum absolute atomic E-state index is 12.1. The van der Waals surface area contributed by atoms with Crippen molar-refractivity contribution in [3.8, 4) is 0 Å². The second kappa shape index (κ2) is 14.8. The zero-order valence-corrected chi connectivity index (χ0v) is 28.2. The van der Waals surface area contributed by atoms with E-state index in [9.17, 15) is 49.5 Å². The summed E-state index contributed by atoms with van der Waals surface area (Å²) in [5.41, 5.74) is 7.76. The van der Waals surface area contributed by atoms with Crippen molar-refractivity contribution < 1.29 is 49.5 Å². The van der Waals surface area contributed by atoms with Gasteiger partial charge < -0.3 is 25.5 Å². The van der Waals surface area contributed by atoms with Gasteiger partial charge in [-0.1, -0.05) is 0 Å². The van der Waals surface area contributed by atoms with Crippen molar-refractivity contribution in [2.45, 2.75) is 78.6 Å². The molecule has 51 heavy (non-hydrogen) atoms. The monoisotopic (exact) mass is 696 g/mol. The number of allylic oxidation sites excluding steroid dienone is 12. The third-order valence-electron chi connectivity index (χ3n) is 9.16. The Hall–Kier alpha value is -6.05. The van der Waals surface area contributed by atoms with Gasteiger partial charge in [0.05, 0.1) is 52.1 Å². The van der Waals surface area contributed by atoms with E-state index in [-0.39, 0.29) is 62.6 Å². The molecule has 5 heterocycles. The van der Waals surface area contributed by atoms with Crippen LogP contribution >= 0.6 is 0 Å². The lowest BCUT2D eigenvalue weighted by Crippen LogP contribution is -2.06. The van der Waals surface area contributed by atoms with Crippen LogP contribution in [0.4, 0.5) is 0 Å². The van der Waals surface area contributed by atoms with Crippen molar-refractivity contribution in [2.75, 3.05) is 0 Å². The number of carboxylic acids is 5. The van der Waals surface area contributed by atoms with Crippen molar-refractivity contribution in [3.63, 3.8) is 0 Å². The number of carboxylic acid groups (broad SMARTS) is 5. The maximum atomic E-state index is 12.1. The second-order valence-corrected chi connectivity index (χ2v) is 12.5. The van der Waals surface area contributed by atoms with Crippen molar-refractivity contribution in [3.05, 3.63) is 91.7 Å². The average molecular weight is 697 g/mol. The molecule has 14 heteroatoms. The van der Waals surface area contributed by atoms with E-state index in [0.29, 0.717) is 78.9 Å². The van der Waals surface area contributed by atoms with E-state index in [2.05, 4.69) is 0 Å². The number of rotatable bonds is 14. The van der Waals surface area contributed by atoms with Gasteiger partial charge in [0.1, 0.15) is 0 Å². The van der Waals surface area contributed by atoms with E-state index < -0.39 is 36.3 Å². The topological polar surface area (TPSA) is 236 Å². The van der Waals surface area contributed by atoms with Crippen LogP contribution < -0.4 is 0 Å². The molecule has 0 atom stereocenters. The lowest BCUT2D eigenvalue weighted by atomic mass is 9.94. The van der Waals surface area contributed by atoms with Crippen molar-refractivity contribution in [1.82, 2.24) is 0 Å². The zero-order chi connectivity index (χ0) is 37.1. The minimum atomic E-state index is -1.17. The molecular formula is C37H36N4O10. The van der Waals surface area contributed by atoms with E-state index >= 15 is 0 Å². The molecule has 5 aliphatic rings. The fourth-order valence-electron chi connectivity index (χ4n) is 6.50. The highest BCUT2D eigenvalue weighted by atomic mass is 16.4. The Kier molecular flexibility index (Phi) is 10.5. The maximum Gasteiger partial charge on any atom is 0.307 e. The molecule has 14 nitrogen and oxygen atoms in total. The second-order valence-electron chi connectivity index (χ2n) is 12.5. The SMILES string of the molecule is CC1=C(CCC(=O)O)C2=NC1=CC1=NC(=CC3=NC(=CC4=NC(=C2)C(C)=C4CCC(=O)O)C(CC(=O)O)=C3CCC(=O)O)C(C)=C1CCC(=O)O. The summed E-state index contributed by atoms with van der Waals surface area (Å²) >= 11 is 0. The van der Waals surface area contributed by atoms with Crippen LogP contribution in [0.25, 0.3) is 0 Å². The molecule has 8 bridgehead atoms. The van der Waals surface area contributed by atoms with E-state index in [0.717, 1.165) is 0 Å². The fraction of sp³-hybridized carbons (Fsp3) is 0.324. The van der Waals surface area contributed by atoms with Gasteiger partial charge in [-0.2, -0.15) is 0 Å². The normalized spacial score (nSPS) is 18.3. The summed E-state index contributed by atoms with van der Waals surface area (Å²) in [6.07, 6.45) is 5.66. The summed E-state index contributed by atoms with van der Waals surface area (Å²) in [6, 6.07) is 0. The fourth-order valence-corrected chi connectivity index (χ4v) is 6.50. The van der Waals surface area contributed by atoms with Crippen LogP contribution in [0, 0.1) is 0 Å². The van der Waals surface area contributed by atoms with Gasteiger partial charge in [0, 0.05) is 25.7 Å². The molecule has 0 spiro atoms. The smallest absolute Gasteiger partial charge is 0.307 e. The van der Waals surface area contributed by atoms with Crippen LogP contribution in [0.1, 0.15) is 78.6 Å². The van der Waals surface area contributed by atoms with Gasteiger partial charge >= 0.3 is 29.8 Å². The van der Waals surface area contributed by atoms with Crippen molar-refractivity contribution >= 4 is 52.7 Å². The van der Waals surface area contributed by atoms with Gasteiger partial charge in [0.15, 0.2) is 0 Å². The van der Waals surface area contributed by atoms with Crippen LogP contribution in [-0.4, -0.2) is 78.2 Å². The van der Waals surface area contributed by atoms with E-state index in [4.69, 9.17) is 20.0 Å². The van der Waals surface area contributed by atoms with Gasteiger partial charge in [-0.3, -0.25) is 24.0 Å². The Morgan fingerprint density at radius 2 is 0.686 bits per heavy atom. The number of fused-ring (bicyclic) bond motifs is 4. The van der Waals surface area contributed by atoms with Crippen LogP contribution in [0.15, 0.2) is 112 Å². The zero-order valence-electron chi connectivity index (χ0n) is 28.2. The minimum absolute atomic E-state index is 0.0359. The van der Waals surface area contributed by atoms with Gasteiger partial charge in [-0.05, 0) is 115 Å². The van der Waals surface area contributed by atoms with E-state index in [1.807, 2.05) is 6.92 Å². The number of nitrogens with zero attached hydrogens (tertiary/aromatic N) is 4. The third-order valence-corrected chi connectivity index (χ3v) is 9.16. The molecule has 0 aromatic rings. The van der Waals surface area contributed by atoms with Crippen LogP contribution in [0.5, 0.6) is 0 Å². The summed E-state index contributed by atoms with van der Waals surface area (Å²) in [5, 5.41) is 48.0. The molecule has 0 unspecified atom stereocenters. The summed E-state index contributed by atoms with van der Waals surface area (Å²) in [5.74, 6) is -5.29. The van der Waals surface area contributed by atoms with Crippen molar-refractivity contribution in [2.24, 2.45) is 20.0 Å². The molecule has 0 saturated carbocycles. The Labute approximate surface area is 292 Å². The predicted octanol–water partition coefficient (Wildman–Crippen LogP) is 5.53. The number of hydrogen-bond acceptors (Lipinski definition) is 9. The molecule has 0 aliphatic carbocycles. The molecule has 264 valence electrons. The highest BCUT2D eigenvalue weighted by molar-refractivity contribution is 6.20. The first kappa shape index (κ1) is 36.2. The Morgan fingerprint density at radius 3 is 1.00 bits per heavy atom. The Morgan fingerprint density at radius 1 is 0.412 bits per heavy atom. The van der Waals surface area contributed by atoms with Crippen molar-refractivity contribution in [1.29, 1.82) is 0 Å². The van der Waals surface area contributed by atoms with Gasteiger partial charge in [0.25, 0.3) is 0 Å². The molecule has 0 aromatic carbocycles. The van der Waals surface area contributed by atoms with Gasteiger partial charge in [-0.25, -0.2) is 20.0 Å². The summed E-state index contributed by atoms with van der Waals surface area (Å²) in [4.78, 5) is 78.0. The Bertz CT molecular complexity index is 2070. The molecule has 5 N–H and O–H groups in total. The molecule has 0 amide bonds. The Balaban J connectivity index is 1.81. The first-order chi connectivity index (χ1) is 24.1. The molecule has 0 aromatic heterocycles. The number of aliphatic imine (C=N–C) groups is 4.